The van der Waals surface area contributed by atoms with Gasteiger partial charge < -0.3 is 5.73 Å². The molecule has 2 aromatic rings. The molecule has 0 spiro atoms. The van der Waals surface area contributed by atoms with E-state index < -0.39 is 26.6 Å². The summed E-state index contributed by atoms with van der Waals surface area (Å²) in [5.74, 6) is -1.57. The molecule has 0 bridgehead atoms. The normalized spacial score (nSPS) is 11.4. The van der Waals surface area contributed by atoms with Crippen LogP contribution in [0.4, 0.5) is 20.2 Å². The van der Waals surface area contributed by atoms with Gasteiger partial charge in [0, 0.05) is 10.7 Å². The first-order valence-corrected chi connectivity index (χ1v) is 7.60. The Morgan fingerprint density at radius 3 is 2.48 bits per heavy atom. The molecule has 0 fully saturated rings. The molecule has 0 saturated heterocycles. The van der Waals surface area contributed by atoms with E-state index in [1.807, 2.05) is 0 Å². The lowest BCUT2D eigenvalue weighted by Gasteiger charge is -2.11. The largest absolute Gasteiger partial charge is 0.396 e. The molecular formula is C13H11ClF2N2O2S. The molecule has 8 heteroatoms. The van der Waals surface area contributed by atoms with Gasteiger partial charge in [0.25, 0.3) is 10.0 Å². The van der Waals surface area contributed by atoms with Crippen LogP contribution < -0.4 is 10.5 Å². The van der Waals surface area contributed by atoms with Crippen LogP contribution in [0, 0.1) is 18.6 Å². The summed E-state index contributed by atoms with van der Waals surface area (Å²) >= 11 is 5.69. The van der Waals surface area contributed by atoms with Gasteiger partial charge in [-0.2, -0.15) is 0 Å². The Kier molecular flexibility index (Phi) is 4.06. The van der Waals surface area contributed by atoms with Gasteiger partial charge in [0.1, 0.15) is 10.7 Å². The monoisotopic (exact) mass is 332 g/mol. The molecule has 2 aromatic carbocycles. The molecule has 4 nitrogen and oxygen atoms in total. The van der Waals surface area contributed by atoms with Gasteiger partial charge in [-0.1, -0.05) is 11.6 Å². The number of nitrogens with one attached hydrogen (secondary N) is 1. The Morgan fingerprint density at radius 2 is 1.86 bits per heavy atom. The topological polar surface area (TPSA) is 72.2 Å². The maximum Gasteiger partial charge on any atom is 0.264 e. The summed E-state index contributed by atoms with van der Waals surface area (Å²) < 4.78 is 53.5. The molecule has 0 radical (unpaired) electrons. The average molecular weight is 333 g/mol. The fourth-order valence-electron chi connectivity index (χ4n) is 1.70. The summed E-state index contributed by atoms with van der Waals surface area (Å²) in [7, 11) is -4.23. The molecule has 0 unspecified atom stereocenters. The number of benzene rings is 2. The van der Waals surface area contributed by atoms with Gasteiger partial charge in [-0.15, -0.1) is 0 Å². The van der Waals surface area contributed by atoms with Crippen LogP contribution in [0.2, 0.25) is 5.02 Å². The van der Waals surface area contributed by atoms with Crippen molar-refractivity contribution in [1.29, 1.82) is 0 Å². The molecule has 0 aromatic heterocycles. The Bertz CT molecular complexity index is 810. The number of nitrogens with two attached hydrogens (primary N) is 1. The first-order valence-electron chi connectivity index (χ1n) is 5.74. The summed E-state index contributed by atoms with van der Waals surface area (Å²) in [6.45, 7) is 1.48. The van der Waals surface area contributed by atoms with E-state index in [4.69, 9.17) is 17.3 Å². The number of aryl methyl sites for hydroxylation is 1. The third kappa shape index (κ3) is 3.25. The zero-order chi connectivity index (χ0) is 15.8. The van der Waals surface area contributed by atoms with Crippen LogP contribution in [0.5, 0.6) is 0 Å². The van der Waals surface area contributed by atoms with E-state index in [9.17, 15) is 17.2 Å². The van der Waals surface area contributed by atoms with E-state index in [0.29, 0.717) is 0 Å². The van der Waals surface area contributed by atoms with Crippen LogP contribution in [-0.2, 0) is 10.0 Å². The van der Waals surface area contributed by atoms with Crippen molar-refractivity contribution in [3.8, 4) is 0 Å². The first kappa shape index (κ1) is 15.5. The maximum atomic E-state index is 13.9. The van der Waals surface area contributed by atoms with Gasteiger partial charge >= 0.3 is 0 Å². The predicted molar refractivity (Wildman–Crippen MR) is 77.8 cm³/mol. The van der Waals surface area contributed by atoms with E-state index in [1.165, 1.54) is 19.1 Å². The fraction of sp³-hybridized carbons (Fsp3) is 0.0769. The second-order valence-corrected chi connectivity index (χ2v) is 6.46. The number of sulfonamides is 1. The highest BCUT2D eigenvalue weighted by atomic mass is 35.5. The highest BCUT2D eigenvalue weighted by Gasteiger charge is 2.22. The molecule has 0 atom stereocenters. The van der Waals surface area contributed by atoms with Crippen molar-refractivity contribution in [2.45, 2.75) is 11.8 Å². The Labute approximate surface area is 125 Å². The van der Waals surface area contributed by atoms with Crippen molar-refractivity contribution in [1.82, 2.24) is 0 Å². The zero-order valence-corrected chi connectivity index (χ0v) is 12.4. The Balaban J connectivity index is 2.45. The van der Waals surface area contributed by atoms with Gasteiger partial charge in [0.05, 0.1) is 5.69 Å². The van der Waals surface area contributed by atoms with Crippen molar-refractivity contribution in [3.63, 3.8) is 0 Å². The standard InChI is InChI=1S/C13H11ClF2N2O2S/c1-7-4-9(2-3-10(7)15)18-21(19,20)12-6-8(14)5-11(17)13(12)16/h2-6,18H,17H2,1H3. The van der Waals surface area contributed by atoms with Crippen molar-refractivity contribution < 1.29 is 17.2 Å². The van der Waals surface area contributed by atoms with Crippen LogP contribution in [0.1, 0.15) is 5.56 Å². The lowest BCUT2D eigenvalue weighted by molar-refractivity contribution is 0.573. The first-order chi connectivity index (χ1) is 9.70. The van der Waals surface area contributed by atoms with E-state index in [-0.39, 0.29) is 22.0 Å². The van der Waals surface area contributed by atoms with Crippen LogP contribution in [0.15, 0.2) is 35.2 Å². The molecule has 112 valence electrons. The molecule has 0 saturated carbocycles. The summed E-state index contributed by atoms with van der Waals surface area (Å²) in [5.41, 5.74) is 5.33. The molecule has 0 aliphatic carbocycles. The van der Waals surface area contributed by atoms with Crippen molar-refractivity contribution in [2.75, 3.05) is 10.5 Å². The zero-order valence-electron chi connectivity index (χ0n) is 10.8. The SMILES string of the molecule is Cc1cc(NS(=O)(=O)c2cc(Cl)cc(N)c2F)ccc1F. The van der Waals surface area contributed by atoms with E-state index in [1.54, 1.807) is 0 Å². The number of rotatable bonds is 3. The summed E-state index contributed by atoms with van der Waals surface area (Å²) in [6, 6.07) is 5.68. The Hall–Kier alpha value is -1.86. The summed E-state index contributed by atoms with van der Waals surface area (Å²) in [4.78, 5) is -0.672. The molecular weight excluding hydrogens is 322 g/mol. The molecule has 21 heavy (non-hydrogen) atoms. The number of hydrogen-bond donors (Lipinski definition) is 2. The van der Waals surface area contributed by atoms with Gasteiger partial charge in [-0.3, -0.25) is 4.72 Å². The minimum Gasteiger partial charge on any atom is -0.396 e. The molecule has 3 N–H and O–H groups in total. The van der Waals surface area contributed by atoms with Crippen LogP contribution >= 0.6 is 11.6 Å². The highest BCUT2D eigenvalue weighted by Crippen LogP contribution is 2.27. The van der Waals surface area contributed by atoms with Gasteiger partial charge in [0.15, 0.2) is 5.82 Å². The van der Waals surface area contributed by atoms with Crippen LogP contribution in [0.3, 0.4) is 0 Å². The molecule has 2 rings (SSSR count). The third-order valence-electron chi connectivity index (χ3n) is 2.73. The van der Waals surface area contributed by atoms with Gasteiger partial charge in [-0.25, -0.2) is 17.2 Å². The van der Waals surface area contributed by atoms with E-state index >= 15 is 0 Å². The number of nitrogen functional groups attached to an aromatic ring is 1. The molecule has 0 amide bonds. The smallest absolute Gasteiger partial charge is 0.264 e. The lowest BCUT2D eigenvalue weighted by atomic mass is 10.2. The fourth-order valence-corrected chi connectivity index (χ4v) is 3.17. The van der Waals surface area contributed by atoms with Crippen molar-refractivity contribution in [2.24, 2.45) is 0 Å². The van der Waals surface area contributed by atoms with Crippen LogP contribution in [0.25, 0.3) is 0 Å². The number of anilines is 2. The average Bonchev–Trinajstić information content (AvgIpc) is 2.37. The van der Waals surface area contributed by atoms with Crippen molar-refractivity contribution >= 4 is 33.0 Å². The lowest BCUT2D eigenvalue weighted by Crippen LogP contribution is -2.15. The summed E-state index contributed by atoms with van der Waals surface area (Å²) in [6.07, 6.45) is 0. The van der Waals surface area contributed by atoms with E-state index in [0.717, 1.165) is 18.2 Å². The van der Waals surface area contributed by atoms with E-state index in [2.05, 4.69) is 4.72 Å². The van der Waals surface area contributed by atoms with Gasteiger partial charge in [0.2, 0.25) is 0 Å². The maximum absolute atomic E-state index is 13.9. The quantitative estimate of drug-likeness (QED) is 0.847. The van der Waals surface area contributed by atoms with Crippen LogP contribution in [-0.4, -0.2) is 8.42 Å². The van der Waals surface area contributed by atoms with Gasteiger partial charge in [-0.05, 0) is 42.8 Å². The predicted octanol–water partition coefficient (Wildman–Crippen LogP) is 3.31. The second-order valence-electron chi connectivity index (χ2n) is 4.38. The molecule has 0 aliphatic rings. The summed E-state index contributed by atoms with van der Waals surface area (Å²) in [5, 5.41) is -0.00967. The molecule has 0 aliphatic heterocycles. The number of halogens is 3. The highest BCUT2D eigenvalue weighted by molar-refractivity contribution is 7.92. The second kappa shape index (κ2) is 5.50. The minimum absolute atomic E-state index is 0.00967. The third-order valence-corrected chi connectivity index (χ3v) is 4.33. The number of hydrogen-bond acceptors (Lipinski definition) is 3. The van der Waals surface area contributed by atoms with Crippen molar-refractivity contribution in [3.05, 3.63) is 52.6 Å². The molecule has 0 heterocycles. The minimum atomic E-state index is -4.23. The Morgan fingerprint density at radius 1 is 1.19 bits per heavy atom.